The van der Waals surface area contributed by atoms with Gasteiger partial charge in [-0.2, -0.15) is 0 Å². The summed E-state index contributed by atoms with van der Waals surface area (Å²) in [6.45, 7) is 5.57. The molecule has 9 heteroatoms. The predicted molar refractivity (Wildman–Crippen MR) is 105 cm³/mol. The molecule has 0 radical (unpaired) electrons. The molecular formula is C18H24N6O2S. The minimum Gasteiger partial charge on any atom is -0.350 e. The second-order valence-corrected chi connectivity index (χ2v) is 8.27. The topological polar surface area (TPSA) is 99.2 Å². The standard InChI is InChI=1S/C18H24N6O2S/c25-16-15(27-18(26)23-16)8-13-4-6-20-17(21-13)22-14-2-1-7-24(11-14)10-12-3-5-19-9-12/h4,6,8,12,14,19H,1-3,5,7,9-11H2,(H,20,21,22)(H,23,25,26)/t12?,14-/m0/s1. The van der Waals surface area contributed by atoms with Crippen LogP contribution in [0.5, 0.6) is 0 Å². The Morgan fingerprint density at radius 3 is 3.07 bits per heavy atom. The zero-order chi connectivity index (χ0) is 18.6. The van der Waals surface area contributed by atoms with Crippen LogP contribution in [0.15, 0.2) is 17.2 Å². The van der Waals surface area contributed by atoms with Gasteiger partial charge in [0.1, 0.15) is 0 Å². The van der Waals surface area contributed by atoms with E-state index in [1.54, 1.807) is 18.3 Å². The minimum absolute atomic E-state index is 0.321. The van der Waals surface area contributed by atoms with Crippen LogP contribution >= 0.6 is 11.8 Å². The molecule has 2 amide bonds. The Balaban J connectivity index is 1.37. The van der Waals surface area contributed by atoms with Crippen LogP contribution in [-0.4, -0.2) is 64.8 Å². The number of rotatable bonds is 5. The molecule has 0 saturated carbocycles. The first-order chi connectivity index (χ1) is 13.2. The van der Waals surface area contributed by atoms with Crippen LogP contribution in [0.3, 0.4) is 0 Å². The fraction of sp³-hybridized carbons (Fsp3) is 0.556. The predicted octanol–water partition coefficient (Wildman–Crippen LogP) is 1.29. The molecule has 27 heavy (non-hydrogen) atoms. The number of hydrogen-bond acceptors (Lipinski definition) is 8. The first-order valence-corrected chi connectivity index (χ1v) is 10.2. The van der Waals surface area contributed by atoms with Crippen molar-refractivity contribution in [2.75, 3.05) is 38.0 Å². The van der Waals surface area contributed by atoms with Crippen molar-refractivity contribution in [1.82, 2.24) is 25.5 Å². The van der Waals surface area contributed by atoms with Gasteiger partial charge in [0.2, 0.25) is 5.95 Å². The van der Waals surface area contributed by atoms with Gasteiger partial charge in [0.05, 0.1) is 10.6 Å². The molecule has 1 unspecified atom stereocenters. The van der Waals surface area contributed by atoms with Crippen LogP contribution in [0.25, 0.3) is 6.08 Å². The van der Waals surface area contributed by atoms with E-state index in [4.69, 9.17) is 0 Å². The Bertz CT molecular complexity index is 749. The maximum atomic E-state index is 11.7. The van der Waals surface area contributed by atoms with Gasteiger partial charge in [-0.1, -0.05) is 0 Å². The number of imide groups is 1. The first kappa shape index (κ1) is 18.4. The largest absolute Gasteiger partial charge is 0.350 e. The third-order valence-corrected chi connectivity index (χ3v) is 5.93. The first-order valence-electron chi connectivity index (χ1n) is 9.43. The molecule has 0 bridgehead atoms. The fourth-order valence-corrected chi connectivity index (χ4v) is 4.50. The average molecular weight is 388 g/mol. The van der Waals surface area contributed by atoms with Gasteiger partial charge >= 0.3 is 0 Å². The van der Waals surface area contributed by atoms with E-state index in [0.29, 0.717) is 22.6 Å². The van der Waals surface area contributed by atoms with E-state index in [0.717, 1.165) is 56.8 Å². The number of anilines is 1. The lowest BCUT2D eigenvalue weighted by Gasteiger charge is -2.34. The van der Waals surface area contributed by atoms with E-state index in [-0.39, 0.29) is 11.1 Å². The summed E-state index contributed by atoms with van der Waals surface area (Å²) in [5.74, 6) is 0.948. The Labute approximate surface area is 162 Å². The SMILES string of the molecule is O=C1NC(=O)C(=Cc2ccnc(N[C@H]3CCCN(CC4CCNC4)C3)n2)S1. The molecule has 3 aliphatic heterocycles. The molecule has 3 N–H and O–H groups in total. The zero-order valence-corrected chi connectivity index (χ0v) is 15.9. The van der Waals surface area contributed by atoms with E-state index in [1.807, 2.05) is 0 Å². The molecule has 8 nitrogen and oxygen atoms in total. The van der Waals surface area contributed by atoms with Gasteiger partial charge in [0.15, 0.2) is 0 Å². The van der Waals surface area contributed by atoms with Crippen molar-refractivity contribution in [2.24, 2.45) is 5.92 Å². The summed E-state index contributed by atoms with van der Waals surface area (Å²) in [5.41, 5.74) is 0.615. The van der Waals surface area contributed by atoms with Crippen molar-refractivity contribution in [3.8, 4) is 0 Å². The monoisotopic (exact) mass is 388 g/mol. The van der Waals surface area contributed by atoms with Gasteiger partial charge < -0.3 is 15.5 Å². The van der Waals surface area contributed by atoms with Crippen molar-refractivity contribution in [3.05, 3.63) is 22.9 Å². The van der Waals surface area contributed by atoms with Crippen LogP contribution in [0.4, 0.5) is 10.7 Å². The number of nitrogens with zero attached hydrogens (tertiary/aromatic N) is 3. The van der Waals surface area contributed by atoms with Gasteiger partial charge in [-0.05, 0) is 68.7 Å². The summed E-state index contributed by atoms with van der Waals surface area (Å²) in [4.78, 5) is 34.7. The fourth-order valence-electron chi connectivity index (χ4n) is 3.84. The highest BCUT2D eigenvalue weighted by Gasteiger charge is 2.26. The molecule has 0 aromatic carbocycles. The van der Waals surface area contributed by atoms with E-state index in [9.17, 15) is 9.59 Å². The van der Waals surface area contributed by atoms with Crippen LogP contribution < -0.4 is 16.0 Å². The number of aromatic nitrogens is 2. The zero-order valence-electron chi connectivity index (χ0n) is 15.1. The second kappa shape index (κ2) is 8.37. The van der Waals surface area contributed by atoms with Crippen LogP contribution in [0.1, 0.15) is 25.0 Å². The summed E-state index contributed by atoms with van der Waals surface area (Å²) in [5, 5.41) is 8.77. The van der Waals surface area contributed by atoms with Crippen molar-refractivity contribution >= 4 is 34.9 Å². The average Bonchev–Trinajstić information content (AvgIpc) is 3.25. The molecule has 3 saturated heterocycles. The summed E-state index contributed by atoms with van der Waals surface area (Å²) < 4.78 is 0. The summed E-state index contributed by atoms with van der Waals surface area (Å²) in [7, 11) is 0. The van der Waals surface area contributed by atoms with Crippen molar-refractivity contribution < 1.29 is 9.59 Å². The number of piperidine rings is 1. The molecule has 1 aromatic heterocycles. The molecular weight excluding hydrogens is 364 g/mol. The normalized spacial score (nSPS) is 27.9. The Hall–Kier alpha value is -1.97. The highest BCUT2D eigenvalue weighted by atomic mass is 32.2. The maximum Gasteiger partial charge on any atom is 0.290 e. The Morgan fingerprint density at radius 2 is 2.30 bits per heavy atom. The highest BCUT2D eigenvalue weighted by molar-refractivity contribution is 8.18. The van der Waals surface area contributed by atoms with E-state index in [2.05, 4.69) is 30.8 Å². The third-order valence-electron chi connectivity index (χ3n) is 5.12. The molecule has 0 aliphatic carbocycles. The lowest BCUT2D eigenvalue weighted by molar-refractivity contribution is -0.115. The molecule has 2 atom stereocenters. The van der Waals surface area contributed by atoms with Gasteiger partial charge in [0, 0.05) is 25.3 Å². The Kier molecular flexibility index (Phi) is 5.70. The summed E-state index contributed by atoms with van der Waals surface area (Å²) in [6.07, 6.45) is 6.83. The van der Waals surface area contributed by atoms with Crippen LogP contribution in [0, 0.1) is 5.92 Å². The van der Waals surface area contributed by atoms with E-state index in [1.165, 1.54) is 12.8 Å². The molecule has 144 valence electrons. The number of carbonyl (C=O) groups is 2. The molecule has 3 fully saturated rings. The van der Waals surface area contributed by atoms with E-state index >= 15 is 0 Å². The number of carbonyl (C=O) groups excluding carboxylic acids is 2. The summed E-state index contributed by atoms with van der Waals surface area (Å²) in [6, 6.07) is 2.05. The van der Waals surface area contributed by atoms with Gasteiger partial charge in [-0.25, -0.2) is 9.97 Å². The third kappa shape index (κ3) is 4.85. The molecule has 4 rings (SSSR count). The number of likely N-dealkylation sites (tertiary alicyclic amines) is 1. The Morgan fingerprint density at radius 1 is 1.37 bits per heavy atom. The maximum absolute atomic E-state index is 11.7. The van der Waals surface area contributed by atoms with Crippen molar-refractivity contribution in [3.63, 3.8) is 0 Å². The van der Waals surface area contributed by atoms with Crippen LogP contribution in [-0.2, 0) is 4.79 Å². The quantitative estimate of drug-likeness (QED) is 0.649. The molecule has 3 aliphatic rings. The van der Waals surface area contributed by atoms with Crippen molar-refractivity contribution in [2.45, 2.75) is 25.3 Å². The summed E-state index contributed by atoms with van der Waals surface area (Å²) >= 11 is 0.894. The smallest absolute Gasteiger partial charge is 0.290 e. The van der Waals surface area contributed by atoms with Crippen LogP contribution in [0.2, 0.25) is 0 Å². The molecule has 1 aromatic rings. The number of nitrogens with one attached hydrogen (secondary N) is 3. The lowest BCUT2D eigenvalue weighted by atomic mass is 10.0. The number of amides is 2. The number of hydrogen-bond donors (Lipinski definition) is 3. The molecule has 0 spiro atoms. The van der Waals surface area contributed by atoms with E-state index < -0.39 is 0 Å². The molecule has 4 heterocycles. The minimum atomic E-state index is -0.373. The lowest BCUT2D eigenvalue weighted by Crippen LogP contribution is -2.44. The number of thioether (sulfide) groups is 1. The van der Waals surface area contributed by atoms with Gasteiger partial charge in [0.25, 0.3) is 11.1 Å². The highest BCUT2D eigenvalue weighted by Crippen LogP contribution is 2.25. The second-order valence-electron chi connectivity index (χ2n) is 7.26. The van der Waals surface area contributed by atoms with Gasteiger partial charge in [-0.15, -0.1) is 0 Å². The van der Waals surface area contributed by atoms with Gasteiger partial charge in [-0.3, -0.25) is 14.9 Å². The van der Waals surface area contributed by atoms with Crippen molar-refractivity contribution in [1.29, 1.82) is 0 Å².